The molecule has 2 aliphatic carbocycles. The summed E-state index contributed by atoms with van der Waals surface area (Å²) in [4.78, 5) is 27.8. The minimum Gasteiger partial charge on any atom is -0.478 e. The molecule has 0 aliphatic heterocycles. The highest BCUT2D eigenvalue weighted by Crippen LogP contribution is 2.39. The number of carbonyl (C=O) groups excluding carboxylic acids is 1. The van der Waals surface area contributed by atoms with Crippen LogP contribution in [0.1, 0.15) is 39.6 Å². The molecule has 4 rings (SSSR count). The van der Waals surface area contributed by atoms with Crippen LogP contribution in [-0.4, -0.2) is 22.1 Å². The summed E-state index contributed by atoms with van der Waals surface area (Å²) in [6.07, 6.45) is 11.7. The minimum atomic E-state index is -1.10. The van der Waals surface area contributed by atoms with Crippen molar-refractivity contribution in [3.05, 3.63) is 88.2 Å². The third-order valence-corrected chi connectivity index (χ3v) is 6.01. The molecule has 30 heavy (non-hydrogen) atoms. The summed E-state index contributed by atoms with van der Waals surface area (Å²) >= 11 is 6.11. The van der Waals surface area contributed by atoms with Gasteiger partial charge in [0.15, 0.2) is 0 Å². The van der Waals surface area contributed by atoms with Gasteiger partial charge in [0.2, 0.25) is 0 Å². The van der Waals surface area contributed by atoms with Gasteiger partial charge in [0.05, 0.1) is 28.9 Å². The van der Waals surface area contributed by atoms with Gasteiger partial charge in [-0.3, -0.25) is 4.98 Å². The van der Waals surface area contributed by atoms with E-state index >= 15 is 0 Å². The molecule has 1 heterocycles. The summed E-state index contributed by atoms with van der Waals surface area (Å²) in [6.45, 7) is 0.1000. The highest BCUT2D eigenvalue weighted by molar-refractivity contribution is 6.31. The summed E-state index contributed by atoms with van der Waals surface area (Å²) in [7, 11) is 0. The molecule has 0 saturated heterocycles. The Balaban J connectivity index is 1.49. The second-order valence-corrected chi connectivity index (χ2v) is 7.92. The summed E-state index contributed by atoms with van der Waals surface area (Å²) in [5.41, 5.74) is 2.82. The molecule has 2 aliphatic rings. The fourth-order valence-corrected chi connectivity index (χ4v) is 4.39. The quantitative estimate of drug-likeness (QED) is 0.684. The SMILES string of the molecule is O=C(NCc1ncc(C(=O)O)cc1Cl)NC1c2ccccc2CCC2C=CC=CC21. The average molecular weight is 424 g/mol. The van der Waals surface area contributed by atoms with E-state index in [0.717, 1.165) is 18.4 Å². The molecule has 2 aromatic rings. The number of hydrogen-bond acceptors (Lipinski definition) is 3. The standard InChI is InChI=1S/C23H22ClN3O3/c24-19-11-16(22(28)29)12-25-20(19)13-26-23(30)27-21-17-7-3-1-5-14(17)9-10-15-6-2-4-8-18(15)21/h1-8,11-12,14,17,21H,9-10,13H2,(H,28,29)(H2,26,27,30). The molecule has 0 spiro atoms. The largest absolute Gasteiger partial charge is 0.478 e. The van der Waals surface area contributed by atoms with Gasteiger partial charge < -0.3 is 15.7 Å². The molecule has 0 saturated carbocycles. The lowest BCUT2D eigenvalue weighted by Crippen LogP contribution is -2.41. The maximum atomic E-state index is 12.7. The molecule has 1 aromatic carbocycles. The van der Waals surface area contributed by atoms with Crippen molar-refractivity contribution in [2.24, 2.45) is 11.8 Å². The maximum Gasteiger partial charge on any atom is 0.337 e. The number of nitrogens with one attached hydrogen (secondary N) is 2. The zero-order valence-electron chi connectivity index (χ0n) is 16.2. The second-order valence-electron chi connectivity index (χ2n) is 7.51. The van der Waals surface area contributed by atoms with Gasteiger partial charge in [-0.2, -0.15) is 0 Å². The first kappa shape index (κ1) is 20.2. The van der Waals surface area contributed by atoms with Crippen LogP contribution in [0.25, 0.3) is 0 Å². The number of carbonyl (C=O) groups is 2. The predicted octanol–water partition coefficient (Wildman–Crippen LogP) is 4.28. The van der Waals surface area contributed by atoms with Crippen molar-refractivity contribution in [1.29, 1.82) is 0 Å². The Hall–Kier alpha value is -3.12. The van der Waals surface area contributed by atoms with Crippen LogP contribution in [0.5, 0.6) is 0 Å². The van der Waals surface area contributed by atoms with E-state index in [0.29, 0.717) is 11.6 Å². The molecule has 2 amide bonds. The van der Waals surface area contributed by atoms with E-state index in [1.165, 1.54) is 17.8 Å². The van der Waals surface area contributed by atoms with E-state index in [1.54, 1.807) is 0 Å². The smallest absolute Gasteiger partial charge is 0.337 e. The molecule has 6 nitrogen and oxygen atoms in total. The van der Waals surface area contributed by atoms with Crippen LogP contribution in [0, 0.1) is 11.8 Å². The van der Waals surface area contributed by atoms with Crippen LogP contribution in [-0.2, 0) is 13.0 Å². The third kappa shape index (κ3) is 4.24. The highest BCUT2D eigenvalue weighted by Gasteiger charge is 2.33. The molecule has 7 heteroatoms. The van der Waals surface area contributed by atoms with Crippen LogP contribution in [0.3, 0.4) is 0 Å². The number of aromatic nitrogens is 1. The van der Waals surface area contributed by atoms with Gasteiger partial charge >= 0.3 is 12.0 Å². The first-order chi connectivity index (χ1) is 14.5. The Morgan fingerprint density at radius 2 is 2.00 bits per heavy atom. The Bertz CT molecular complexity index is 1030. The number of pyridine rings is 1. The average Bonchev–Trinajstić information content (AvgIpc) is 2.90. The number of urea groups is 1. The predicted molar refractivity (Wildman–Crippen MR) is 114 cm³/mol. The number of allylic oxidation sites excluding steroid dienone is 3. The summed E-state index contributed by atoms with van der Waals surface area (Å²) < 4.78 is 0. The van der Waals surface area contributed by atoms with Gasteiger partial charge in [-0.1, -0.05) is 60.2 Å². The Labute approximate surface area is 179 Å². The monoisotopic (exact) mass is 423 g/mol. The number of aromatic carboxylic acids is 1. The summed E-state index contributed by atoms with van der Waals surface area (Å²) in [6, 6.07) is 9.11. The number of rotatable bonds is 4. The highest BCUT2D eigenvalue weighted by atomic mass is 35.5. The Morgan fingerprint density at radius 3 is 2.80 bits per heavy atom. The van der Waals surface area contributed by atoms with Gasteiger partial charge in [0.1, 0.15) is 0 Å². The maximum absolute atomic E-state index is 12.7. The van der Waals surface area contributed by atoms with Crippen LogP contribution in [0.4, 0.5) is 4.79 Å². The Morgan fingerprint density at radius 1 is 1.20 bits per heavy atom. The number of benzene rings is 1. The van der Waals surface area contributed by atoms with E-state index in [2.05, 4.69) is 46.0 Å². The molecular formula is C23H22ClN3O3. The van der Waals surface area contributed by atoms with Gasteiger partial charge in [0.25, 0.3) is 0 Å². The topological polar surface area (TPSA) is 91.3 Å². The number of carboxylic acid groups (broad SMARTS) is 1. The van der Waals surface area contributed by atoms with Crippen molar-refractivity contribution in [3.8, 4) is 0 Å². The summed E-state index contributed by atoms with van der Waals surface area (Å²) in [5, 5.41) is 15.1. The lowest BCUT2D eigenvalue weighted by atomic mass is 9.80. The van der Waals surface area contributed by atoms with Gasteiger partial charge in [0, 0.05) is 12.1 Å². The van der Waals surface area contributed by atoms with E-state index in [1.807, 2.05) is 18.2 Å². The van der Waals surface area contributed by atoms with E-state index < -0.39 is 5.97 Å². The molecule has 1 aromatic heterocycles. The van der Waals surface area contributed by atoms with E-state index in [9.17, 15) is 9.59 Å². The van der Waals surface area contributed by atoms with Crippen molar-refractivity contribution < 1.29 is 14.7 Å². The first-order valence-electron chi connectivity index (χ1n) is 9.88. The van der Waals surface area contributed by atoms with E-state index in [-0.39, 0.29) is 35.1 Å². The minimum absolute atomic E-state index is 0.00597. The second kappa shape index (κ2) is 8.71. The molecule has 3 atom stereocenters. The molecule has 3 unspecified atom stereocenters. The number of nitrogens with zero attached hydrogens (tertiary/aromatic N) is 1. The first-order valence-corrected chi connectivity index (χ1v) is 10.3. The van der Waals surface area contributed by atoms with Gasteiger partial charge in [-0.25, -0.2) is 9.59 Å². The molecule has 154 valence electrons. The molecule has 0 bridgehead atoms. The molecule has 3 N–H and O–H groups in total. The number of aryl methyl sites for hydroxylation is 1. The number of halogens is 1. The Kier molecular flexibility index (Phi) is 5.86. The van der Waals surface area contributed by atoms with Gasteiger partial charge in [-0.05, 0) is 36.0 Å². The summed E-state index contributed by atoms with van der Waals surface area (Å²) in [5.74, 6) is -0.550. The van der Waals surface area contributed by atoms with Crippen molar-refractivity contribution in [3.63, 3.8) is 0 Å². The zero-order valence-corrected chi connectivity index (χ0v) is 17.0. The van der Waals surface area contributed by atoms with Crippen molar-refractivity contribution in [1.82, 2.24) is 15.6 Å². The number of hydrogen-bond donors (Lipinski definition) is 3. The number of carboxylic acids is 1. The van der Waals surface area contributed by atoms with Crippen molar-refractivity contribution in [2.45, 2.75) is 25.4 Å². The van der Waals surface area contributed by atoms with Gasteiger partial charge in [-0.15, -0.1) is 0 Å². The van der Waals surface area contributed by atoms with Crippen LogP contribution >= 0.6 is 11.6 Å². The van der Waals surface area contributed by atoms with Crippen LogP contribution in [0.2, 0.25) is 5.02 Å². The number of fused-ring (bicyclic) bond motifs is 2. The fourth-order valence-electron chi connectivity index (χ4n) is 4.16. The third-order valence-electron chi connectivity index (χ3n) is 5.69. The molecule has 0 radical (unpaired) electrons. The van der Waals surface area contributed by atoms with E-state index in [4.69, 9.17) is 16.7 Å². The van der Waals surface area contributed by atoms with Crippen molar-refractivity contribution >= 4 is 23.6 Å². The lowest BCUT2D eigenvalue weighted by Gasteiger charge is -2.31. The fraction of sp³-hybridized carbons (Fsp3) is 0.261. The molecular weight excluding hydrogens is 402 g/mol. The zero-order chi connectivity index (χ0) is 21.1. The number of amides is 2. The van der Waals surface area contributed by atoms with Crippen molar-refractivity contribution in [2.75, 3.05) is 0 Å². The van der Waals surface area contributed by atoms with Crippen LogP contribution in [0.15, 0.2) is 60.8 Å². The van der Waals surface area contributed by atoms with Crippen LogP contribution < -0.4 is 10.6 Å². The molecule has 0 fully saturated rings. The lowest BCUT2D eigenvalue weighted by molar-refractivity contribution is 0.0696. The normalized spacial score (nSPS) is 21.8.